The number of H-pyrrole nitrogens is 1. The van der Waals surface area contributed by atoms with E-state index in [1.165, 1.54) is 5.56 Å². The van der Waals surface area contributed by atoms with Gasteiger partial charge in [-0.3, -0.25) is 4.98 Å². The topological polar surface area (TPSA) is 81.2 Å². The lowest BCUT2D eigenvalue weighted by molar-refractivity contribution is -0.0648. The summed E-state index contributed by atoms with van der Waals surface area (Å²) in [4.78, 5) is 13.8. The van der Waals surface area contributed by atoms with Gasteiger partial charge in [0.15, 0.2) is 5.58 Å². The largest absolute Gasteiger partial charge is 0.417 e. The molecule has 0 saturated carbocycles. The van der Waals surface area contributed by atoms with Gasteiger partial charge in [0, 0.05) is 5.41 Å². The Bertz CT molecular complexity index is 610. The lowest BCUT2D eigenvalue weighted by Crippen LogP contribution is -2.47. The molecule has 5 nitrogen and oxygen atoms in total. The van der Waals surface area contributed by atoms with E-state index >= 15 is 0 Å². The van der Waals surface area contributed by atoms with Crippen molar-refractivity contribution in [1.29, 1.82) is 0 Å². The van der Waals surface area contributed by atoms with Crippen LogP contribution < -0.4 is 11.5 Å². The van der Waals surface area contributed by atoms with Crippen LogP contribution in [0, 0.1) is 0 Å². The molecule has 1 saturated heterocycles. The molecule has 1 aromatic carbocycles. The minimum Gasteiger partial charge on any atom is -0.408 e. The molecule has 1 aliphatic heterocycles. The SMILES string of the molecule is NCCCC1(c2ccc3oc(=O)[nH]c3c2)COC1. The molecule has 2 heterocycles. The van der Waals surface area contributed by atoms with Crippen molar-refractivity contribution >= 4 is 11.1 Å². The number of rotatable bonds is 4. The average Bonchev–Trinajstić information content (AvgIpc) is 2.67. The van der Waals surface area contributed by atoms with Crippen molar-refractivity contribution in [2.24, 2.45) is 5.73 Å². The maximum Gasteiger partial charge on any atom is 0.417 e. The molecule has 0 aliphatic carbocycles. The fraction of sp³-hybridized carbons (Fsp3) is 0.462. The van der Waals surface area contributed by atoms with Gasteiger partial charge in [0.05, 0.1) is 18.7 Å². The molecule has 1 aliphatic rings. The first-order chi connectivity index (χ1) is 8.73. The van der Waals surface area contributed by atoms with Crippen LogP contribution >= 0.6 is 0 Å². The Morgan fingerprint density at radius 1 is 1.39 bits per heavy atom. The highest BCUT2D eigenvalue weighted by Gasteiger charge is 2.39. The van der Waals surface area contributed by atoms with Crippen molar-refractivity contribution in [3.63, 3.8) is 0 Å². The van der Waals surface area contributed by atoms with E-state index in [1.807, 2.05) is 18.2 Å². The van der Waals surface area contributed by atoms with E-state index in [0.29, 0.717) is 12.1 Å². The molecule has 0 spiro atoms. The number of benzene rings is 1. The molecule has 0 radical (unpaired) electrons. The van der Waals surface area contributed by atoms with Crippen molar-refractivity contribution in [2.45, 2.75) is 18.3 Å². The summed E-state index contributed by atoms with van der Waals surface area (Å²) in [7, 11) is 0. The predicted octanol–water partition coefficient (Wildman–Crippen LogP) is 1.13. The summed E-state index contributed by atoms with van der Waals surface area (Å²) in [5.74, 6) is -0.414. The fourth-order valence-electron chi connectivity index (χ4n) is 2.53. The second kappa shape index (κ2) is 4.26. The van der Waals surface area contributed by atoms with E-state index < -0.39 is 5.76 Å². The van der Waals surface area contributed by atoms with Crippen molar-refractivity contribution in [3.8, 4) is 0 Å². The number of aromatic amines is 1. The molecular weight excluding hydrogens is 232 g/mol. The van der Waals surface area contributed by atoms with Crippen LogP contribution in [0.1, 0.15) is 18.4 Å². The van der Waals surface area contributed by atoms with Crippen molar-refractivity contribution in [1.82, 2.24) is 4.98 Å². The van der Waals surface area contributed by atoms with Gasteiger partial charge in [0.25, 0.3) is 0 Å². The Labute approximate surface area is 104 Å². The molecule has 0 amide bonds. The molecule has 2 aromatic rings. The average molecular weight is 248 g/mol. The van der Waals surface area contributed by atoms with Gasteiger partial charge in [0.2, 0.25) is 0 Å². The molecule has 0 bridgehead atoms. The number of nitrogens with one attached hydrogen (secondary N) is 1. The van der Waals surface area contributed by atoms with E-state index in [-0.39, 0.29) is 5.41 Å². The summed E-state index contributed by atoms with van der Waals surface area (Å²) in [6, 6.07) is 5.84. The molecule has 0 atom stereocenters. The van der Waals surface area contributed by atoms with Crippen LogP contribution in [-0.2, 0) is 10.2 Å². The zero-order valence-electron chi connectivity index (χ0n) is 10.1. The molecule has 18 heavy (non-hydrogen) atoms. The molecule has 1 aromatic heterocycles. The highest BCUT2D eigenvalue weighted by molar-refractivity contribution is 5.73. The summed E-state index contributed by atoms with van der Waals surface area (Å²) in [6.07, 6.45) is 1.99. The minimum absolute atomic E-state index is 0.0573. The van der Waals surface area contributed by atoms with Crippen molar-refractivity contribution < 1.29 is 9.15 Å². The minimum atomic E-state index is -0.414. The van der Waals surface area contributed by atoms with Crippen LogP contribution in [0.15, 0.2) is 27.4 Å². The zero-order chi connectivity index (χ0) is 12.6. The standard InChI is InChI=1S/C13H16N2O3/c14-5-1-4-13(7-17-8-13)9-2-3-11-10(6-9)15-12(16)18-11/h2-3,6H,1,4-5,7-8,14H2,(H,15,16). The van der Waals surface area contributed by atoms with Gasteiger partial charge in [-0.05, 0) is 37.1 Å². The number of hydrogen-bond acceptors (Lipinski definition) is 4. The first-order valence-electron chi connectivity index (χ1n) is 6.15. The Morgan fingerprint density at radius 2 is 2.22 bits per heavy atom. The molecule has 3 N–H and O–H groups in total. The molecule has 96 valence electrons. The summed E-state index contributed by atoms with van der Waals surface area (Å²) in [5, 5.41) is 0. The van der Waals surface area contributed by atoms with Gasteiger partial charge in [0.1, 0.15) is 0 Å². The van der Waals surface area contributed by atoms with Gasteiger partial charge in [-0.2, -0.15) is 0 Å². The third kappa shape index (κ3) is 1.76. The normalized spacial score (nSPS) is 17.8. The van der Waals surface area contributed by atoms with Crippen LogP contribution in [0.3, 0.4) is 0 Å². The molecule has 5 heteroatoms. The summed E-state index contributed by atoms with van der Waals surface area (Å²) < 4.78 is 10.4. The third-order valence-electron chi connectivity index (χ3n) is 3.65. The molecule has 3 rings (SSSR count). The quantitative estimate of drug-likeness (QED) is 0.849. The van der Waals surface area contributed by atoms with Crippen LogP contribution in [-0.4, -0.2) is 24.7 Å². The highest BCUT2D eigenvalue weighted by atomic mass is 16.5. The summed E-state index contributed by atoms with van der Waals surface area (Å²) in [5.41, 5.74) is 8.17. The fourth-order valence-corrected chi connectivity index (χ4v) is 2.53. The highest BCUT2D eigenvalue weighted by Crippen LogP contribution is 2.37. The third-order valence-corrected chi connectivity index (χ3v) is 3.65. The smallest absolute Gasteiger partial charge is 0.408 e. The Kier molecular flexibility index (Phi) is 2.72. The number of hydrogen-bond donors (Lipinski definition) is 2. The molecule has 1 fully saturated rings. The second-order valence-electron chi connectivity index (χ2n) is 4.89. The van der Waals surface area contributed by atoms with Crippen molar-refractivity contribution in [3.05, 3.63) is 34.3 Å². The lowest BCUT2D eigenvalue weighted by atomic mass is 9.75. The van der Waals surface area contributed by atoms with E-state index in [9.17, 15) is 4.79 Å². The number of nitrogens with two attached hydrogens (primary N) is 1. The first-order valence-corrected chi connectivity index (χ1v) is 6.15. The lowest BCUT2D eigenvalue weighted by Gasteiger charge is -2.42. The van der Waals surface area contributed by atoms with Gasteiger partial charge in [-0.15, -0.1) is 0 Å². The molecule has 0 unspecified atom stereocenters. The first kappa shape index (κ1) is 11.5. The number of aromatic nitrogens is 1. The monoisotopic (exact) mass is 248 g/mol. The van der Waals surface area contributed by atoms with Crippen LogP contribution in [0.5, 0.6) is 0 Å². The number of fused-ring (bicyclic) bond motifs is 1. The summed E-state index contributed by atoms with van der Waals surface area (Å²) >= 11 is 0. The summed E-state index contributed by atoms with van der Waals surface area (Å²) in [6.45, 7) is 2.13. The maximum absolute atomic E-state index is 11.1. The zero-order valence-corrected chi connectivity index (χ0v) is 10.1. The molecular formula is C13H16N2O3. The van der Waals surface area contributed by atoms with E-state index in [2.05, 4.69) is 4.98 Å². The van der Waals surface area contributed by atoms with Crippen LogP contribution in [0.25, 0.3) is 11.1 Å². The number of ether oxygens (including phenoxy) is 1. The predicted molar refractivity (Wildman–Crippen MR) is 67.6 cm³/mol. The van der Waals surface area contributed by atoms with Crippen LogP contribution in [0.2, 0.25) is 0 Å². The Morgan fingerprint density at radius 3 is 2.89 bits per heavy atom. The van der Waals surface area contributed by atoms with Crippen molar-refractivity contribution in [2.75, 3.05) is 19.8 Å². The number of oxazole rings is 1. The second-order valence-corrected chi connectivity index (χ2v) is 4.89. The van der Waals surface area contributed by atoms with Gasteiger partial charge in [-0.1, -0.05) is 6.07 Å². The van der Waals surface area contributed by atoms with Gasteiger partial charge < -0.3 is 14.9 Å². The van der Waals surface area contributed by atoms with Crippen LogP contribution in [0.4, 0.5) is 0 Å². The maximum atomic E-state index is 11.1. The Balaban J connectivity index is 1.99. The van der Waals surface area contributed by atoms with E-state index in [4.69, 9.17) is 14.9 Å². The van der Waals surface area contributed by atoms with E-state index in [1.54, 1.807) is 0 Å². The van der Waals surface area contributed by atoms with E-state index in [0.717, 1.165) is 31.6 Å². The van der Waals surface area contributed by atoms with Gasteiger partial charge >= 0.3 is 5.76 Å². The van der Waals surface area contributed by atoms with Gasteiger partial charge in [-0.25, -0.2) is 4.79 Å². The Hall–Kier alpha value is -1.59.